The van der Waals surface area contributed by atoms with Gasteiger partial charge in [-0.25, -0.2) is 4.68 Å². The van der Waals surface area contributed by atoms with E-state index >= 15 is 0 Å². The molecule has 2 unspecified atom stereocenters. The number of aliphatic hydroxyl groups is 1. The van der Waals surface area contributed by atoms with Gasteiger partial charge in [-0.3, -0.25) is 4.79 Å². The minimum atomic E-state index is -0.664. The van der Waals surface area contributed by atoms with Crippen molar-refractivity contribution in [1.82, 2.24) is 15.1 Å². The van der Waals surface area contributed by atoms with Gasteiger partial charge in [-0.15, -0.1) is 0 Å². The molecule has 128 valence electrons. The third kappa shape index (κ3) is 4.33. The molecule has 0 spiro atoms. The molecule has 0 radical (unpaired) electrons. The maximum absolute atomic E-state index is 12.4. The van der Waals surface area contributed by atoms with Crippen molar-refractivity contribution in [1.29, 1.82) is 0 Å². The zero-order valence-corrected chi connectivity index (χ0v) is 14.0. The van der Waals surface area contributed by atoms with E-state index in [0.29, 0.717) is 12.1 Å². The highest BCUT2D eigenvalue weighted by Crippen LogP contribution is 2.09. The number of hydrogen-bond acceptors (Lipinski definition) is 3. The molecule has 0 fully saturated rings. The zero-order chi connectivity index (χ0) is 17.6. The number of aliphatic hydroxyl groups excluding tert-OH is 1. The SMILES string of the molecule is CC(NC(=O)c1ccn(-c2ccccc2)n1)C(O)Cc1ccccc1. The lowest BCUT2D eigenvalue weighted by molar-refractivity contribution is 0.0846. The van der Waals surface area contributed by atoms with E-state index in [-0.39, 0.29) is 11.9 Å². The second-order valence-electron chi connectivity index (χ2n) is 6.00. The highest BCUT2D eigenvalue weighted by atomic mass is 16.3. The molecule has 3 rings (SSSR count). The highest BCUT2D eigenvalue weighted by Gasteiger charge is 2.19. The van der Waals surface area contributed by atoms with Gasteiger partial charge in [0.1, 0.15) is 0 Å². The van der Waals surface area contributed by atoms with Gasteiger partial charge in [0, 0.05) is 12.6 Å². The number of nitrogens with zero attached hydrogens (tertiary/aromatic N) is 2. The van der Waals surface area contributed by atoms with Crippen LogP contribution in [0.2, 0.25) is 0 Å². The summed E-state index contributed by atoms with van der Waals surface area (Å²) in [5.74, 6) is -0.297. The van der Waals surface area contributed by atoms with E-state index in [4.69, 9.17) is 0 Å². The molecule has 2 atom stereocenters. The summed E-state index contributed by atoms with van der Waals surface area (Å²) in [6, 6.07) is 20.6. The molecule has 2 aromatic carbocycles. The number of rotatable bonds is 6. The number of nitrogens with one attached hydrogen (secondary N) is 1. The first-order chi connectivity index (χ1) is 12.1. The van der Waals surface area contributed by atoms with Crippen LogP contribution in [0.4, 0.5) is 0 Å². The maximum atomic E-state index is 12.4. The molecule has 0 saturated carbocycles. The minimum Gasteiger partial charge on any atom is -0.391 e. The molecule has 0 saturated heterocycles. The first-order valence-electron chi connectivity index (χ1n) is 8.27. The van der Waals surface area contributed by atoms with Gasteiger partial charge in [-0.1, -0.05) is 48.5 Å². The van der Waals surface area contributed by atoms with Gasteiger partial charge in [-0.2, -0.15) is 5.10 Å². The van der Waals surface area contributed by atoms with Crippen molar-refractivity contribution in [3.63, 3.8) is 0 Å². The molecule has 1 aromatic heterocycles. The van der Waals surface area contributed by atoms with Gasteiger partial charge < -0.3 is 10.4 Å². The Balaban J connectivity index is 1.61. The van der Waals surface area contributed by atoms with E-state index in [2.05, 4.69) is 10.4 Å². The summed E-state index contributed by atoms with van der Waals surface area (Å²) in [6.07, 6.45) is 1.57. The monoisotopic (exact) mass is 335 g/mol. The lowest BCUT2D eigenvalue weighted by Crippen LogP contribution is -2.42. The number of para-hydroxylation sites is 1. The van der Waals surface area contributed by atoms with Crippen molar-refractivity contribution in [2.75, 3.05) is 0 Å². The zero-order valence-electron chi connectivity index (χ0n) is 14.0. The van der Waals surface area contributed by atoms with Crippen LogP contribution < -0.4 is 5.32 Å². The molecule has 5 nitrogen and oxygen atoms in total. The van der Waals surface area contributed by atoms with Crippen LogP contribution in [0.15, 0.2) is 72.9 Å². The molecule has 0 aliphatic heterocycles. The highest BCUT2D eigenvalue weighted by molar-refractivity contribution is 5.92. The lowest BCUT2D eigenvalue weighted by Gasteiger charge is -2.19. The fraction of sp³-hybridized carbons (Fsp3) is 0.200. The van der Waals surface area contributed by atoms with Crippen LogP contribution in [-0.4, -0.2) is 32.9 Å². The largest absolute Gasteiger partial charge is 0.391 e. The van der Waals surface area contributed by atoms with Crippen LogP contribution in [0, 0.1) is 0 Å². The Morgan fingerprint density at radius 2 is 1.72 bits per heavy atom. The molecular weight excluding hydrogens is 314 g/mol. The van der Waals surface area contributed by atoms with E-state index < -0.39 is 6.10 Å². The van der Waals surface area contributed by atoms with Crippen LogP contribution in [0.1, 0.15) is 23.0 Å². The fourth-order valence-corrected chi connectivity index (χ4v) is 2.58. The van der Waals surface area contributed by atoms with E-state index in [9.17, 15) is 9.90 Å². The van der Waals surface area contributed by atoms with Gasteiger partial charge in [0.2, 0.25) is 0 Å². The molecule has 25 heavy (non-hydrogen) atoms. The molecule has 2 N–H and O–H groups in total. The van der Waals surface area contributed by atoms with Crippen molar-refractivity contribution in [3.8, 4) is 5.69 Å². The number of carbonyl (C=O) groups is 1. The molecule has 3 aromatic rings. The standard InChI is InChI=1S/C20H21N3O2/c1-15(19(24)14-16-8-4-2-5-9-16)21-20(25)18-12-13-23(22-18)17-10-6-3-7-11-17/h2-13,15,19,24H,14H2,1H3,(H,21,25). The predicted octanol–water partition coefficient (Wildman–Crippen LogP) is 2.59. The Bertz CT molecular complexity index is 815. The second kappa shape index (κ2) is 7.77. The van der Waals surface area contributed by atoms with Crippen molar-refractivity contribution < 1.29 is 9.90 Å². The number of aromatic nitrogens is 2. The third-order valence-corrected chi connectivity index (χ3v) is 4.07. The summed E-state index contributed by atoms with van der Waals surface area (Å²) in [7, 11) is 0. The summed E-state index contributed by atoms with van der Waals surface area (Å²) in [6.45, 7) is 1.79. The Hall–Kier alpha value is -2.92. The summed E-state index contributed by atoms with van der Waals surface area (Å²) < 4.78 is 1.65. The van der Waals surface area contributed by atoms with Gasteiger partial charge >= 0.3 is 0 Å². The molecule has 5 heteroatoms. The van der Waals surface area contributed by atoms with Gasteiger partial charge in [0.05, 0.1) is 17.8 Å². The van der Waals surface area contributed by atoms with Crippen molar-refractivity contribution >= 4 is 5.91 Å². The minimum absolute atomic E-state index is 0.297. The Kier molecular flexibility index (Phi) is 5.26. The molecule has 0 aliphatic carbocycles. The fourth-order valence-electron chi connectivity index (χ4n) is 2.58. The van der Waals surface area contributed by atoms with Crippen molar-refractivity contribution in [2.24, 2.45) is 0 Å². The topological polar surface area (TPSA) is 67.2 Å². The van der Waals surface area contributed by atoms with Gasteiger partial charge in [-0.05, 0) is 30.7 Å². The second-order valence-corrected chi connectivity index (χ2v) is 6.00. The van der Waals surface area contributed by atoms with E-state index in [1.165, 1.54) is 0 Å². The quantitative estimate of drug-likeness (QED) is 0.728. The van der Waals surface area contributed by atoms with E-state index in [0.717, 1.165) is 11.3 Å². The molecule has 1 heterocycles. The summed E-state index contributed by atoms with van der Waals surface area (Å²) in [4.78, 5) is 12.4. The Morgan fingerprint density at radius 1 is 1.08 bits per heavy atom. The number of benzene rings is 2. The number of carbonyl (C=O) groups excluding carboxylic acids is 1. The van der Waals surface area contributed by atoms with Gasteiger partial charge in [0.25, 0.3) is 5.91 Å². The normalized spacial score (nSPS) is 13.2. The smallest absolute Gasteiger partial charge is 0.272 e. The molecule has 0 aliphatic rings. The summed E-state index contributed by atoms with van der Waals surface area (Å²) >= 11 is 0. The summed E-state index contributed by atoms with van der Waals surface area (Å²) in [5.41, 5.74) is 2.24. The van der Waals surface area contributed by atoms with Crippen LogP contribution >= 0.6 is 0 Å². The maximum Gasteiger partial charge on any atom is 0.272 e. The van der Waals surface area contributed by atoms with E-state index in [1.807, 2.05) is 60.7 Å². The average Bonchev–Trinajstić information content (AvgIpc) is 3.13. The molecule has 0 bridgehead atoms. The molecular formula is C20H21N3O2. The van der Waals surface area contributed by atoms with Crippen molar-refractivity contribution in [3.05, 3.63) is 84.2 Å². The molecule has 1 amide bonds. The van der Waals surface area contributed by atoms with E-state index in [1.54, 1.807) is 23.9 Å². The average molecular weight is 335 g/mol. The Labute approximate surface area is 146 Å². The van der Waals surface area contributed by atoms with Crippen LogP contribution in [0.5, 0.6) is 0 Å². The van der Waals surface area contributed by atoms with Gasteiger partial charge in [0.15, 0.2) is 5.69 Å². The first kappa shape index (κ1) is 16.9. The lowest BCUT2D eigenvalue weighted by atomic mass is 10.0. The Morgan fingerprint density at radius 3 is 2.40 bits per heavy atom. The van der Waals surface area contributed by atoms with Crippen molar-refractivity contribution in [2.45, 2.75) is 25.5 Å². The third-order valence-electron chi connectivity index (χ3n) is 4.07. The number of amides is 1. The van der Waals surface area contributed by atoms with Crippen LogP contribution in [0.25, 0.3) is 5.69 Å². The predicted molar refractivity (Wildman–Crippen MR) is 96.6 cm³/mol. The first-order valence-corrected chi connectivity index (χ1v) is 8.27. The van der Waals surface area contributed by atoms with Crippen LogP contribution in [0.3, 0.4) is 0 Å². The van der Waals surface area contributed by atoms with Crippen LogP contribution in [-0.2, 0) is 6.42 Å². The summed E-state index contributed by atoms with van der Waals surface area (Å²) in [5, 5.41) is 17.4. The number of hydrogen-bond donors (Lipinski definition) is 2.